The maximum atomic E-state index is 12.4. The van der Waals surface area contributed by atoms with Crippen LogP contribution in [0, 0.1) is 0 Å². The van der Waals surface area contributed by atoms with Crippen molar-refractivity contribution in [2.75, 3.05) is 6.61 Å². The lowest BCUT2D eigenvalue weighted by Gasteiger charge is -2.19. The number of nitrogens with zero attached hydrogens (tertiary/aromatic N) is 4. The van der Waals surface area contributed by atoms with Gasteiger partial charge in [0.15, 0.2) is 0 Å². The minimum absolute atomic E-state index is 0.205. The maximum Gasteiger partial charge on any atom is 0.419 e. The molecule has 0 radical (unpaired) electrons. The molecule has 1 aromatic carbocycles. The Bertz CT molecular complexity index is 936. The molecule has 0 saturated heterocycles. The zero-order valence-electron chi connectivity index (χ0n) is 14.0. The van der Waals surface area contributed by atoms with E-state index in [1.165, 1.54) is 4.57 Å². The minimum Gasteiger partial charge on any atom is -0.443 e. The van der Waals surface area contributed by atoms with Crippen LogP contribution in [0.1, 0.15) is 26.3 Å². The van der Waals surface area contributed by atoms with Crippen LogP contribution in [0.3, 0.4) is 0 Å². The highest BCUT2D eigenvalue weighted by Crippen LogP contribution is 2.23. The maximum absolute atomic E-state index is 12.4. The molecule has 0 bridgehead atoms. The van der Waals surface area contributed by atoms with E-state index in [9.17, 15) is 13.2 Å². The Balaban J connectivity index is 2.27. The SMILES string of the molecule is CC(C)(C)OC(=O)n1cc(CCOS(=O)(=O)N=[N+]=[N-])c2ccccc21. The molecule has 0 aliphatic heterocycles. The number of azide groups is 1. The van der Waals surface area contributed by atoms with E-state index in [4.69, 9.17) is 10.3 Å². The zero-order valence-corrected chi connectivity index (χ0v) is 14.9. The summed E-state index contributed by atoms with van der Waals surface area (Å²) in [6.45, 7) is 5.09. The molecule has 0 fully saturated rings. The van der Waals surface area contributed by atoms with Gasteiger partial charge in [0.1, 0.15) is 5.60 Å². The Morgan fingerprint density at radius 1 is 1.32 bits per heavy atom. The summed E-state index contributed by atoms with van der Waals surface area (Å²) in [4.78, 5) is 14.6. The van der Waals surface area contributed by atoms with Gasteiger partial charge in [0.2, 0.25) is 0 Å². The van der Waals surface area contributed by atoms with Gasteiger partial charge in [0.05, 0.1) is 16.6 Å². The van der Waals surface area contributed by atoms with Crippen LogP contribution in [0.2, 0.25) is 0 Å². The third kappa shape index (κ3) is 4.96. The van der Waals surface area contributed by atoms with Crippen LogP contribution >= 0.6 is 0 Å². The fourth-order valence-corrected chi connectivity index (χ4v) is 2.67. The number of carbonyl (C=O) groups is 1. The molecule has 0 atom stereocenters. The van der Waals surface area contributed by atoms with E-state index >= 15 is 0 Å². The van der Waals surface area contributed by atoms with Crippen LogP contribution in [0.5, 0.6) is 0 Å². The molecule has 9 nitrogen and oxygen atoms in total. The van der Waals surface area contributed by atoms with Gasteiger partial charge in [0, 0.05) is 16.5 Å². The first-order chi connectivity index (χ1) is 11.6. The molecule has 0 spiro atoms. The predicted octanol–water partition coefficient (Wildman–Crippen LogP) is 3.54. The summed E-state index contributed by atoms with van der Waals surface area (Å²) in [7, 11) is -4.28. The smallest absolute Gasteiger partial charge is 0.419 e. The second kappa shape index (κ2) is 7.14. The lowest BCUT2D eigenvalue weighted by molar-refractivity contribution is 0.0544. The van der Waals surface area contributed by atoms with Crippen molar-refractivity contribution in [2.45, 2.75) is 32.8 Å². The van der Waals surface area contributed by atoms with Crippen molar-refractivity contribution in [3.8, 4) is 0 Å². The Kier molecular flexibility index (Phi) is 5.36. The van der Waals surface area contributed by atoms with E-state index in [1.54, 1.807) is 39.1 Å². The quantitative estimate of drug-likeness (QED) is 0.455. The molecule has 0 N–H and O–H groups in total. The summed E-state index contributed by atoms with van der Waals surface area (Å²) >= 11 is 0. The summed E-state index contributed by atoms with van der Waals surface area (Å²) in [6.07, 6.45) is 1.26. The molecule has 0 aliphatic rings. The summed E-state index contributed by atoms with van der Waals surface area (Å²) in [5.41, 5.74) is 8.87. The molecule has 25 heavy (non-hydrogen) atoms. The molecule has 0 unspecified atom stereocenters. The molecule has 2 aromatic rings. The van der Waals surface area contributed by atoms with Gasteiger partial charge in [-0.2, -0.15) is 8.42 Å². The van der Waals surface area contributed by atoms with Gasteiger partial charge in [-0.1, -0.05) is 18.2 Å². The zero-order chi connectivity index (χ0) is 18.7. The standard InChI is InChI=1S/C15H18N4O5S/c1-15(2,3)24-14(20)19-10-11(12-6-4-5-7-13(12)19)8-9-23-25(21,22)18-17-16/h4-7,10H,8-9H2,1-3H3. The molecule has 1 aromatic heterocycles. The van der Waals surface area contributed by atoms with Gasteiger partial charge in [-0.25, -0.2) is 4.79 Å². The number of carbonyl (C=O) groups excluding carboxylic acids is 1. The van der Waals surface area contributed by atoms with Crippen molar-refractivity contribution in [3.05, 3.63) is 46.5 Å². The van der Waals surface area contributed by atoms with Crippen molar-refractivity contribution in [1.82, 2.24) is 4.57 Å². The molecule has 0 amide bonds. The fourth-order valence-electron chi connectivity index (χ4n) is 2.24. The van der Waals surface area contributed by atoms with Gasteiger partial charge in [-0.15, -0.1) is 0 Å². The number of hydrogen-bond acceptors (Lipinski definition) is 5. The Labute approximate surface area is 145 Å². The van der Waals surface area contributed by atoms with Crippen LogP contribution in [-0.2, 0) is 25.6 Å². The van der Waals surface area contributed by atoms with E-state index in [-0.39, 0.29) is 13.0 Å². The van der Waals surface area contributed by atoms with E-state index in [0.29, 0.717) is 11.1 Å². The molecule has 0 aliphatic carbocycles. The Morgan fingerprint density at radius 2 is 2.00 bits per heavy atom. The molecule has 1 heterocycles. The van der Waals surface area contributed by atoms with Gasteiger partial charge in [-0.05, 0) is 44.4 Å². The van der Waals surface area contributed by atoms with Crippen LogP contribution in [-0.4, -0.2) is 31.3 Å². The molecular weight excluding hydrogens is 348 g/mol. The first kappa shape index (κ1) is 18.8. The van der Waals surface area contributed by atoms with E-state index < -0.39 is 22.0 Å². The second-order valence-corrected chi connectivity index (χ2v) is 7.45. The largest absolute Gasteiger partial charge is 0.443 e. The molecule has 0 saturated carbocycles. The summed E-state index contributed by atoms with van der Waals surface area (Å²) in [5.74, 6) is 0. The normalized spacial score (nSPS) is 12.0. The number of ether oxygens (including phenoxy) is 1. The average molecular weight is 366 g/mol. The van der Waals surface area contributed by atoms with Crippen molar-refractivity contribution in [2.24, 2.45) is 4.52 Å². The number of hydrogen-bond donors (Lipinski definition) is 0. The van der Waals surface area contributed by atoms with Gasteiger partial charge in [-0.3, -0.25) is 8.75 Å². The monoisotopic (exact) mass is 366 g/mol. The molecule has 2 rings (SSSR count). The topological polar surface area (TPSA) is 123 Å². The Morgan fingerprint density at radius 3 is 2.64 bits per heavy atom. The van der Waals surface area contributed by atoms with Gasteiger partial charge >= 0.3 is 16.4 Å². The summed E-state index contributed by atoms with van der Waals surface area (Å²) in [5, 5.41) is 0.776. The van der Waals surface area contributed by atoms with Crippen LogP contribution in [0.25, 0.3) is 21.3 Å². The fraction of sp³-hybridized carbons (Fsp3) is 0.400. The van der Waals surface area contributed by atoms with Crippen molar-refractivity contribution in [1.29, 1.82) is 0 Å². The first-order valence-corrected chi connectivity index (χ1v) is 8.77. The first-order valence-electron chi connectivity index (χ1n) is 7.41. The number of para-hydroxylation sites is 1. The van der Waals surface area contributed by atoms with E-state index in [0.717, 1.165) is 5.39 Å². The number of aromatic nitrogens is 1. The average Bonchev–Trinajstić information content (AvgIpc) is 2.85. The van der Waals surface area contributed by atoms with Gasteiger partial charge in [0.25, 0.3) is 0 Å². The van der Waals surface area contributed by atoms with E-state index in [1.807, 2.05) is 12.1 Å². The third-order valence-electron chi connectivity index (χ3n) is 3.12. The number of rotatable bonds is 5. The Hall–Kier alpha value is -2.55. The number of fused-ring (bicyclic) bond motifs is 1. The van der Waals surface area contributed by atoms with Crippen molar-refractivity contribution >= 4 is 27.3 Å². The molecule has 10 heteroatoms. The molecular formula is C15H18N4O5S. The predicted molar refractivity (Wildman–Crippen MR) is 91.3 cm³/mol. The van der Waals surface area contributed by atoms with Crippen LogP contribution in [0.4, 0.5) is 4.79 Å². The summed E-state index contributed by atoms with van der Waals surface area (Å²) < 4.78 is 36.4. The highest BCUT2D eigenvalue weighted by Gasteiger charge is 2.20. The van der Waals surface area contributed by atoms with Crippen molar-refractivity contribution in [3.63, 3.8) is 0 Å². The lowest BCUT2D eigenvalue weighted by Crippen LogP contribution is -2.26. The van der Waals surface area contributed by atoms with Crippen molar-refractivity contribution < 1.29 is 22.1 Å². The highest BCUT2D eigenvalue weighted by molar-refractivity contribution is 7.85. The number of benzene rings is 1. The van der Waals surface area contributed by atoms with Gasteiger partial charge < -0.3 is 4.74 Å². The van der Waals surface area contributed by atoms with Crippen LogP contribution in [0.15, 0.2) is 35.0 Å². The lowest BCUT2D eigenvalue weighted by atomic mass is 10.1. The highest BCUT2D eigenvalue weighted by atomic mass is 32.2. The van der Waals surface area contributed by atoms with E-state index in [2.05, 4.69) is 13.6 Å². The third-order valence-corrected chi connectivity index (χ3v) is 3.86. The summed E-state index contributed by atoms with van der Waals surface area (Å²) in [6, 6.07) is 7.17. The molecule has 134 valence electrons. The minimum atomic E-state index is -4.28. The van der Waals surface area contributed by atoms with Crippen LogP contribution < -0.4 is 0 Å². The second-order valence-electron chi connectivity index (χ2n) is 6.19.